The molecule has 0 heterocycles. The normalized spacial score (nSPS) is 12.9. The lowest BCUT2D eigenvalue weighted by Gasteiger charge is -2.40. The molecule has 0 spiro atoms. The quantitative estimate of drug-likeness (QED) is 0.596. The van der Waals surface area contributed by atoms with Gasteiger partial charge in [-0.2, -0.15) is 0 Å². The van der Waals surface area contributed by atoms with Gasteiger partial charge in [0.1, 0.15) is 0 Å². The molecule has 0 saturated carbocycles. The Hall–Kier alpha value is -0.0800. The van der Waals surface area contributed by atoms with Crippen LogP contribution in [-0.2, 0) is 9.47 Å². The van der Waals surface area contributed by atoms with Gasteiger partial charge in [0.05, 0.1) is 0 Å². The highest BCUT2D eigenvalue weighted by molar-refractivity contribution is 4.77. The molecule has 0 N–H and O–H groups in total. The molecule has 0 saturated heterocycles. The predicted octanol–water partition coefficient (Wildman–Crippen LogP) is 3.07. The van der Waals surface area contributed by atoms with E-state index in [9.17, 15) is 0 Å². The Kier molecular flexibility index (Phi) is 5.57. The zero-order valence-electron chi connectivity index (χ0n) is 9.89. The highest BCUT2D eigenvalue weighted by Gasteiger charge is 2.38. The van der Waals surface area contributed by atoms with Crippen LogP contribution in [0.25, 0.3) is 0 Å². The maximum atomic E-state index is 5.77. The lowest BCUT2D eigenvalue weighted by molar-refractivity contribution is -0.281. The Morgan fingerprint density at radius 1 is 0.846 bits per heavy atom. The minimum Gasteiger partial charge on any atom is -0.350 e. The van der Waals surface area contributed by atoms with E-state index in [2.05, 4.69) is 27.7 Å². The molecule has 0 aliphatic rings. The molecule has 0 aliphatic heterocycles. The third-order valence-corrected chi connectivity index (χ3v) is 2.35. The fraction of sp³-hybridized carbons (Fsp3) is 1.00. The van der Waals surface area contributed by atoms with Gasteiger partial charge in [-0.1, -0.05) is 27.7 Å². The SMILES string of the molecule is CCOC(OCC)(C(C)C)C(C)C. The highest BCUT2D eigenvalue weighted by atomic mass is 16.7. The van der Waals surface area contributed by atoms with Crippen LogP contribution in [0.2, 0.25) is 0 Å². The molecule has 0 amide bonds. The van der Waals surface area contributed by atoms with Crippen LogP contribution in [0.1, 0.15) is 41.5 Å². The third kappa shape index (κ3) is 2.96. The zero-order chi connectivity index (χ0) is 10.5. The summed E-state index contributed by atoms with van der Waals surface area (Å²) < 4.78 is 11.5. The van der Waals surface area contributed by atoms with E-state index in [1.807, 2.05) is 13.8 Å². The monoisotopic (exact) mass is 188 g/mol. The minimum atomic E-state index is -0.399. The minimum absolute atomic E-state index is 0.382. The lowest BCUT2D eigenvalue weighted by atomic mass is 9.91. The van der Waals surface area contributed by atoms with E-state index in [1.165, 1.54) is 0 Å². The molecule has 0 aromatic heterocycles. The van der Waals surface area contributed by atoms with Crippen molar-refractivity contribution in [2.75, 3.05) is 13.2 Å². The van der Waals surface area contributed by atoms with E-state index in [-0.39, 0.29) is 0 Å². The molecule has 2 heteroatoms. The van der Waals surface area contributed by atoms with E-state index >= 15 is 0 Å². The number of rotatable bonds is 6. The largest absolute Gasteiger partial charge is 0.350 e. The molecule has 0 radical (unpaired) electrons. The van der Waals surface area contributed by atoms with Crippen LogP contribution in [0.15, 0.2) is 0 Å². The van der Waals surface area contributed by atoms with Crippen molar-refractivity contribution in [3.63, 3.8) is 0 Å². The molecule has 0 atom stereocenters. The summed E-state index contributed by atoms with van der Waals surface area (Å²) in [6.45, 7) is 14.0. The lowest BCUT2D eigenvalue weighted by Crippen LogP contribution is -2.46. The van der Waals surface area contributed by atoms with Crippen molar-refractivity contribution in [2.45, 2.75) is 47.3 Å². The maximum absolute atomic E-state index is 5.77. The van der Waals surface area contributed by atoms with Gasteiger partial charge in [-0.3, -0.25) is 0 Å². The second kappa shape index (κ2) is 5.61. The average molecular weight is 188 g/mol. The van der Waals surface area contributed by atoms with Crippen LogP contribution in [-0.4, -0.2) is 19.0 Å². The molecule has 0 unspecified atom stereocenters. The van der Waals surface area contributed by atoms with Gasteiger partial charge in [0.25, 0.3) is 0 Å². The maximum Gasteiger partial charge on any atom is 0.172 e. The van der Waals surface area contributed by atoms with Crippen molar-refractivity contribution < 1.29 is 9.47 Å². The first-order valence-electron chi connectivity index (χ1n) is 5.29. The van der Waals surface area contributed by atoms with Crippen molar-refractivity contribution in [1.82, 2.24) is 0 Å². The van der Waals surface area contributed by atoms with Crippen molar-refractivity contribution in [3.05, 3.63) is 0 Å². The third-order valence-electron chi connectivity index (χ3n) is 2.35. The van der Waals surface area contributed by atoms with E-state index in [4.69, 9.17) is 9.47 Å². The summed E-state index contributed by atoms with van der Waals surface area (Å²) in [5.41, 5.74) is 0. The van der Waals surface area contributed by atoms with Gasteiger partial charge in [-0.25, -0.2) is 0 Å². The van der Waals surface area contributed by atoms with Gasteiger partial charge >= 0.3 is 0 Å². The van der Waals surface area contributed by atoms with Crippen molar-refractivity contribution in [2.24, 2.45) is 11.8 Å². The van der Waals surface area contributed by atoms with Crippen LogP contribution in [0.4, 0.5) is 0 Å². The first-order valence-corrected chi connectivity index (χ1v) is 5.29. The molecule has 13 heavy (non-hydrogen) atoms. The van der Waals surface area contributed by atoms with Crippen LogP contribution in [0.3, 0.4) is 0 Å². The molecule has 0 fully saturated rings. The zero-order valence-corrected chi connectivity index (χ0v) is 9.89. The van der Waals surface area contributed by atoms with Crippen molar-refractivity contribution in [1.29, 1.82) is 0 Å². The summed E-state index contributed by atoms with van der Waals surface area (Å²) in [4.78, 5) is 0. The molecular weight excluding hydrogens is 164 g/mol. The van der Waals surface area contributed by atoms with Crippen LogP contribution in [0, 0.1) is 11.8 Å². The second-order valence-electron chi connectivity index (χ2n) is 3.90. The molecule has 0 aromatic carbocycles. The molecule has 0 aliphatic carbocycles. The molecule has 0 bridgehead atoms. The van der Waals surface area contributed by atoms with Gasteiger partial charge in [-0.05, 0) is 13.8 Å². The van der Waals surface area contributed by atoms with Crippen molar-refractivity contribution >= 4 is 0 Å². The summed E-state index contributed by atoms with van der Waals surface area (Å²) in [6.07, 6.45) is 0. The number of hydrogen-bond donors (Lipinski definition) is 0. The second-order valence-corrected chi connectivity index (χ2v) is 3.90. The summed E-state index contributed by atoms with van der Waals surface area (Å²) in [5, 5.41) is 0. The van der Waals surface area contributed by atoms with E-state index in [0.717, 1.165) is 0 Å². The average Bonchev–Trinajstić information content (AvgIpc) is 2.03. The standard InChI is InChI=1S/C11H24O2/c1-7-12-11(9(3)4,10(5)6)13-8-2/h9-10H,7-8H2,1-6H3. The first kappa shape index (κ1) is 12.9. The fourth-order valence-electron chi connectivity index (χ4n) is 1.83. The van der Waals surface area contributed by atoms with Gasteiger partial charge in [-0.15, -0.1) is 0 Å². The summed E-state index contributed by atoms with van der Waals surface area (Å²) in [5.74, 6) is 0.364. The Morgan fingerprint density at radius 3 is 1.31 bits per heavy atom. The predicted molar refractivity (Wildman–Crippen MR) is 55.7 cm³/mol. The Labute approximate surface area is 82.6 Å². The number of hydrogen-bond acceptors (Lipinski definition) is 2. The van der Waals surface area contributed by atoms with Gasteiger partial charge < -0.3 is 9.47 Å². The summed E-state index contributed by atoms with van der Waals surface area (Å²) >= 11 is 0. The van der Waals surface area contributed by atoms with Gasteiger partial charge in [0.15, 0.2) is 5.79 Å². The summed E-state index contributed by atoms with van der Waals surface area (Å²) in [7, 11) is 0. The molecule has 80 valence electrons. The van der Waals surface area contributed by atoms with Crippen molar-refractivity contribution in [3.8, 4) is 0 Å². The highest BCUT2D eigenvalue weighted by Crippen LogP contribution is 2.31. The van der Waals surface area contributed by atoms with E-state index in [0.29, 0.717) is 25.0 Å². The molecular formula is C11H24O2. The molecule has 0 rings (SSSR count). The molecule has 2 nitrogen and oxygen atoms in total. The Balaban J connectivity index is 4.59. The number of ether oxygens (including phenoxy) is 2. The first-order chi connectivity index (χ1) is 6.01. The van der Waals surface area contributed by atoms with E-state index in [1.54, 1.807) is 0 Å². The van der Waals surface area contributed by atoms with Crippen LogP contribution < -0.4 is 0 Å². The van der Waals surface area contributed by atoms with Gasteiger partial charge in [0, 0.05) is 25.0 Å². The Bertz CT molecular complexity index is 114. The van der Waals surface area contributed by atoms with Gasteiger partial charge in [0.2, 0.25) is 0 Å². The van der Waals surface area contributed by atoms with Crippen LogP contribution in [0.5, 0.6) is 0 Å². The Morgan fingerprint density at radius 2 is 1.15 bits per heavy atom. The molecule has 0 aromatic rings. The van der Waals surface area contributed by atoms with E-state index < -0.39 is 5.79 Å². The van der Waals surface area contributed by atoms with Crippen LogP contribution >= 0.6 is 0 Å². The fourth-order valence-corrected chi connectivity index (χ4v) is 1.83. The topological polar surface area (TPSA) is 18.5 Å². The summed E-state index contributed by atoms with van der Waals surface area (Å²) in [6, 6.07) is 0. The smallest absolute Gasteiger partial charge is 0.172 e.